The summed E-state index contributed by atoms with van der Waals surface area (Å²) in [6, 6.07) is 15.0. The molecule has 0 fully saturated rings. The van der Waals surface area contributed by atoms with Gasteiger partial charge in [-0.2, -0.15) is 5.10 Å². The maximum absolute atomic E-state index is 13.1. The number of aromatic nitrogens is 3. The fraction of sp³-hybridized carbons (Fsp3) is 0.370. The van der Waals surface area contributed by atoms with Gasteiger partial charge in [0.2, 0.25) is 0 Å². The van der Waals surface area contributed by atoms with Gasteiger partial charge in [0.1, 0.15) is 0 Å². The van der Waals surface area contributed by atoms with Crippen LogP contribution in [0.3, 0.4) is 0 Å². The Morgan fingerprint density at radius 2 is 1.94 bits per heavy atom. The van der Waals surface area contributed by atoms with Crippen molar-refractivity contribution in [3.8, 4) is 0 Å². The molecule has 0 saturated heterocycles. The number of fused-ring (bicyclic) bond motifs is 1. The molecule has 3 heterocycles. The van der Waals surface area contributed by atoms with Gasteiger partial charge in [0.25, 0.3) is 5.91 Å². The van der Waals surface area contributed by atoms with Gasteiger partial charge in [-0.3, -0.25) is 19.4 Å². The highest BCUT2D eigenvalue weighted by Gasteiger charge is 2.32. The molecule has 1 N–H and O–H groups in total. The number of nitrogens with zero attached hydrogens (tertiary/aromatic N) is 4. The van der Waals surface area contributed by atoms with Crippen LogP contribution >= 0.6 is 0 Å². The van der Waals surface area contributed by atoms with Crippen LogP contribution in [-0.2, 0) is 25.9 Å². The lowest BCUT2D eigenvalue weighted by Gasteiger charge is -2.36. The number of carbonyl (C=O) groups is 1. The van der Waals surface area contributed by atoms with Crippen molar-refractivity contribution in [2.24, 2.45) is 0 Å². The first-order chi connectivity index (χ1) is 16.2. The highest BCUT2D eigenvalue weighted by molar-refractivity contribution is 5.94. The maximum atomic E-state index is 13.1. The lowest BCUT2D eigenvalue weighted by atomic mass is 9.88. The first-order valence-electron chi connectivity index (χ1n) is 12.0. The van der Waals surface area contributed by atoms with E-state index >= 15 is 0 Å². The summed E-state index contributed by atoms with van der Waals surface area (Å²) in [7, 11) is 0. The van der Waals surface area contributed by atoms with Crippen LogP contribution in [0.1, 0.15) is 52.6 Å². The molecule has 1 atom stereocenters. The largest absolute Gasteiger partial charge is 0.347 e. The van der Waals surface area contributed by atoms with E-state index in [1.807, 2.05) is 16.8 Å². The van der Waals surface area contributed by atoms with E-state index in [4.69, 9.17) is 5.10 Å². The Hall–Kier alpha value is -3.25. The van der Waals surface area contributed by atoms with Crippen LogP contribution in [0.15, 0.2) is 60.9 Å². The summed E-state index contributed by atoms with van der Waals surface area (Å²) in [5.41, 5.74) is 6.79. The number of benzene rings is 1. The zero-order valence-corrected chi connectivity index (χ0v) is 19.2. The van der Waals surface area contributed by atoms with Gasteiger partial charge in [-0.1, -0.05) is 36.4 Å². The minimum Gasteiger partial charge on any atom is -0.347 e. The molecule has 5 rings (SSSR count). The second kappa shape index (κ2) is 9.71. The summed E-state index contributed by atoms with van der Waals surface area (Å²) in [4.78, 5) is 19.7. The summed E-state index contributed by atoms with van der Waals surface area (Å²) in [5, 5.41) is 7.77. The number of rotatable bonds is 6. The van der Waals surface area contributed by atoms with E-state index in [2.05, 4.69) is 58.5 Å². The van der Waals surface area contributed by atoms with Crippen molar-refractivity contribution in [3.05, 3.63) is 89.0 Å². The topological polar surface area (TPSA) is 63.1 Å². The Bertz CT molecular complexity index is 1140. The van der Waals surface area contributed by atoms with Crippen LogP contribution in [-0.4, -0.2) is 44.7 Å². The van der Waals surface area contributed by atoms with Gasteiger partial charge in [-0.05, 0) is 61.4 Å². The lowest BCUT2D eigenvalue weighted by molar-refractivity contribution is 0.0943. The molecule has 1 amide bonds. The Morgan fingerprint density at radius 1 is 1.12 bits per heavy atom. The standard InChI is InChI=1S/C27H31N5O/c1-2-32-25-9-8-23(31-16-12-22(13-17-31)21-6-4-3-5-7-21)18-24(25)26(30-32)27(33)29-19-20-10-14-28-15-11-20/h3-7,10-12,14-15,23H,2,8-9,13,16-19H2,1H3,(H,29,33)/t23-/m1/s1. The third-order valence-corrected chi connectivity index (χ3v) is 6.94. The number of hydrogen-bond acceptors (Lipinski definition) is 4. The van der Waals surface area contributed by atoms with Crippen molar-refractivity contribution in [2.45, 2.75) is 51.7 Å². The van der Waals surface area contributed by atoms with E-state index in [0.29, 0.717) is 18.3 Å². The Morgan fingerprint density at radius 3 is 2.67 bits per heavy atom. The van der Waals surface area contributed by atoms with Crippen molar-refractivity contribution in [1.29, 1.82) is 0 Å². The molecular weight excluding hydrogens is 410 g/mol. The van der Waals surface area contributed by atoms with Crippen molar-refractivity contribution in [1.82, 2.24) is 25.0 Å². The third-order valence-electron chi connectivity index (χ3n) is 6.94. The Balaban J connectivity index is 1.29. The van der Waals surface area contributed by atoms with Crippen molar-refractivity contribution in [3.63, 3.8) is 0 Å². The molecule has 0 bridgehead atoms. The fourth-order valence-electron chi connectivity index (χ4n) is 5.12. The van der Waals surface area contributed by atoms with Gasteiger partial charge >= 0.3 is 0 Å². The van der Waals surface area contributed by atoms with Crippen LogP contribution in [0.4, 0.5) is 0 Å². The lowest BCUT2D eigenvalue weighted by Crippen LogP contribution is -2.42. The van der Waals surface area contributed by atoms with Gasteiger partial charge < -0.3 is 5.32 Å². The predicted molar refractivity (Wildman–Crippen MR) is 130 cm³/mol. The second-order valence-corrected chi connectivity index (χ2v) is 8.86. The fourth-order valence-corrected chi connectivity index (χ4v) is 5.12. The molecule has 6 heteroatoms. The van der Waals surface area contributed by atoms with Gasteiger partial charge in [0.05, 0.1) is 0 Å². The average molecular weight is 442 g/mol. The average Bonchev–Trinajstić information content (AvgIpc) is 3.27. The maximum Gasteiger partial charge on any atom is 0.272 e. The van der Waals surface area contributed by atoms with Crippen LogP contribution in [0.5, 0.6) is 0 Å². The highest BCUT2D eigenvalue weighted by atomic mass is 16.1. The Labute approximate surface area is 195 Å². The molecule has 2 aliphatic rings. The van der Waals surface area contributed by atoms with Gasteiger partial charge in [0, 0.05) is 55.9 Å². The molecule has 1 aliphatic carbocycles. The van der Waals surface area contributed by atoms with Gasteiger partial charge in [-0.25, -0.2) is 0 Å². The van der Waals surface area contributed by atoms with Gasteiger partial charge in [0.15, 0.2) is 5.69 Å². The van der Waals surface area contributed by atoms with Crippen LogP contribution in [0, 0.1) is 0 Å². The molecule has 3 aromatic rings. The molecule has 0 unspecified atom stereocenters. The minimum absolute atomic E-state index is 0.0826. The molecular formula is C27H31N5O. The molecule has 33 heavy (non-hydrogen) atoms. The first kappa shape index (κ1) is 21.6. The monoisotopic (exact) mass is 441 g/mol. The smallest absolute Gasteiger partial charge is 0.272 e. The predicted octanol–water partition coefficient (Wildman–Crippen LogP) is 3.87. The normalized spacial score (nSPS) is 18.5. The summed E-state index contributed by atoms with van der Waals surface area (Å²) in [5.74, 6) is -0.0826. The van der Waals surface area contributed by atoms with E-state index in [-0.39, 0.29) is 5.91 Å². The summed E-state index contributed by atoms with van der Waals surface area (Å²) < 4.78 is 2.02. The quantitative estimate of drug-likeness (QED) is 0.631. The first-order valence-corrected chi connectivity index (χ1v) is 12.0. The van der Waals surface area contributed by atoms with Crippen molar-refractivity contribution in [2.75, 3.05) is 13.1 Å². The number of nitrogens with one attached hydrogen (secondary N) is 1. The number of pyridine rings is 1. The minimum atomic E-state index is -0.0826. The van der Waals surface area contributed by atoms with Crippen molar-refractivity contribution < 1.29 is 4.79 Å². The van der Waals surface area contributed by atoms with E-state index in [1.54, 1.807) is 12.4 Å². The number of hydrogen-bond donors (Lipinski definition) is 1. The molecule has 0 spiro atoms. The summed E-state index contributed by atoms with van der Waals surface area (Å²) in [6.45, 7) is 5.40. The van der Waals surface area contributed by atoms with E-state index in [9.17, 15) is 4.79 Å². The SMILES string of the molecule is CCn1nc(C(=O)NCc2ccncc2)c2c1CC[C@@H](N1CC=C(c3ccccc3)CC1)C2. The molecule has 170 valence electrons. The number of aryl methyl sites for hydroxylation is 1. The van der Waals surface area contributed by atoms with E-state index in [0.717, 1.165) is 56.4 Å². The molecule has 2 aromatic heterocycles. The van der Waals surface area contributed by atoms with E-state index in [1.165, 1.54) is 16.8 Å². The zero-order chi connectivity index (χ0) is 22.6. The Kier molecular flexibility index (Phi) is 6.35. The third kappa shape index (κ3) is 4.62. The summed E-state index contributed by atoms with van der Waals surface area (Å²) >= 11 is 0. The highest BCUT2D eigenvalue weighted by Crippen LogP contribution is 2.30. The van der Waals surface area contributed by atoms with Crippen LogP contribution in [0.25, 0.3) is 5.57 Å². The second-order valence-electron chi connectivity index (χ2n) is 8.86. The molecule has 1 aromatic carbocycles. The molecule has 0 saturated carbocycles. The van der Waals surface area contributed by atoms with Gasteiger partial charge in [-0.15, -0.1) is 0 Å². The molecule has 6 nitrogen and oxygen atoms in total. The van der Waals surface area contributed by atoms with Crippen molar-refractivity contribution >= 4 is 11.5 Å². The number of amides is 1. The number of carbonyl (C=O) groups excluding carboxylic acids is 1. The van der Waals surface area contributed by atoms with Crippen LogP contribution in [0.2, 0.25) is 0 Å². The van der Waals surface area contributed by atoms with E-state index < -0.39 is 0 Å². The molecule has 1 aliphatic heterocycles. The van der Waals surface area contributed by atoms with Crippen LogP contribution < -0.4 is 5.32 Å². The summed E-state index contributed by atoms with van der Waals surface area (Å²) in [6.07, 6.45) is 9.93. The zero-order valence-electron chi connectivity index (χ0n) is 19.2. The molecule has 0 radical (unpaired) electrons.